The fraction of sp³-hybridized carbons (Fsp3) is 0.250. The number of benzene rings is 1. The highest BCUT2D eigenvalue weighted by molar-refractivity contribution is 5.84. The average Bonchev–Trinajstić information content (AvgIpc) is 2.21. The molecule has 0 aliphatic rings. The van der Waals surface area contributed by atoms with Crippen LogP contribution >= 0.6 is 0 Å². The van der Waals surface area contributed by atoms with Gasteiger partial charge < -0.3 is 4.98 Å². The lowest BCUT2D eigenvalue weighted by Crippen LogP contribution is -2.14. The average molecular weight is 241 g/mol. The number of aryl methyl sites for hydroxylation is 2. The fourth-order valence-corrected chi connectivity index (χ4v) is 1.82. The monoisotopic (exact) mass is 241 g/mol. The maximum atomic E-state index is 12.6. The Kier molecular flexibility index (Phi) is 2.49. The molecule has 0 atom stereocenters. The first-order chi connectivity index (χ1) is 7.80. The minimum absolute atomic E-state index is 0.254. The quantitative estimate of drug-likeness (QED) is 0.755. The Morgan fingerprint density at radius 2 is 1.71 bits per heavy atom. The van der Waals surface area contributed by atoms with Crippen LogP contribution in [0.4, 0.5) is 13.2 Å². The van der Waals surface area contributed by atoms with Crippen molar-refractivity contribution >= 4 is 10.9 Å². The Bertz CT molecular complexity index is 640. The van der Waals surface area contributed by atoms with Crippen LogP contribution in [0.15, 0.2) is 23.0 Å². The number of pyridine rings is 1. The molecule has 0 unspecified atom stereocenters. The van der Waals surface area contributed by atoms with Crippen molar-refractivity contribution in [1.82, 2.24) is 4.98 Å². The number of rotatable bonds is 0. The first-order valence-electron chi connectivity index (χ1n) is 5.01. The van der Waals surface area contributed by atoms with Gasteiger partial charge in [-0.2, -0.15) is 13.2 Å². The first kappa shape index (κ1) is 11.7. The number of H-pyrrole nitrogens is 1. The zero-order valence-corrected chi connectivity index (χ0v) is 9.27. The topological polar surface area (TPSA) is 32.9 Å². The first-order valence-corrected chi connectivity index (χ1v) is 5.01. The largest absolute Gasteiger partial charge is 0.431 e. The van der Waals surface area contributed by atoms with Gasteiger partial charge in [0.1, 0.15) is 5.69 Å². The molecule has 0 spiro atoms. The molecule has 0 radical (unpaired) electrons. The van der Waals surface area contributed by atoms with Crippen LogP contribution in [0.25, 0.3) is 10.9 Å². The highest BCUT2D eigenvalue weighted by Gasteiger charge is 2.32. The SMILES string of the molecule is Cc1ccc(C)c2c(=O)cc(C(F)(F)F)[nH]c12. The molecule has 0 aliphatic carbocycles. The van der Waals surface area contributed by atoms with E-state index in [2.05, 4.69) is 4.98 Å². The summed E-state index contributed by atoms with van der Waals surface area (Å²) >= 11 is 0. The van der Waals surface area contributed by atoms with Gasteiger partial charge in [-0.05, 0) is 25.0 Å². The lowest BCUT2D eigenvalue weighted by molar-refractivity contribution is -0.141. The second-order valence-electron chi connectivity index (χ2n) is 3.99. The molecule has 0 bridgehead atoms. The van der Waals surface area contributed by atoms with E-state index in [-0.39, 0.29) is 5.52 Å². The smallest absolute Gasteiger partial charge is 0.351 e. The number of aromatic nitrogens is 1. The number of aromatic amines is 1. The van der Waals surface area contributed by atoms with Gasteiger partial charge in [-0.15, -0.1) is 0 Å². The summed E-state index contributed by atoms with van der Waals surface area (Å²) in [7, 11) is 0. The van der Waals surface area contributed by atoms with Crippen molar-refractivity contribution in [2.24, 2.45) is 0 Å². The van der Waals surface area contributed by atoms with Gasteiger partial charge in [-0.1, -0.05) is 12.1 Å². The number of alkyl halides is 3. The molecule has 2 rings (SSSR count). The third kappa shape index (κ3) is 1.92. The predicted octanol–water partition coefficient (Wildman–Crippen LogP) is 3.16. The molecule has 0 amide bonds. The summed E-state index contributed by atoms with van der Waals surface area (Å²) < 4.78 is 37.7. The molecule has 5 heteroatoms. The summed E-state index contributed by atoms with van der Waals surface area (Å²) in [4.78, 5) is 14.0. The molecule has 1 N–H and O–H groups in total. The predicted molar refractivity (Wildman–Crippen MR) is 59.0 cm³/mol. The zero-order chi connectivity index (χ0) is 12.8. The summed E-state index contributed by atoms with van der Waals surface area (Å²) in [5, 5.41) is 0.318. The lowest BCUT2D eigenvalue weighted by atomic mass is 10.0. The van der Waals surface area contributed by atoms with Gasteiger partial charge >= 0.3 is 6.18 Å². The van der Waals surface area contributed by atoms with Crippen molar-refractivity contribution in [3.05, 3.63) is 45.2 Å². The van der Waals surface area contributed by atoms with Gasteiger partial charge in [0.25, 0.3) is 0 Å². The van der Waals surface area contributed by atoms with Crippen LogP contribution in [0.3, 0.4) is 0 Å². The highest BCUT2D eigenvalue weighted by Crippen LogP contribution is 2.28. The van der Waals surface area contributed by atoms with Crippen molar-refractivity contribution < 1.29 is 13.2 Å². The number of halogens is 3. The summed E-state index contributed by atoms with van der Waals surface area (Å²) in [5.41, 5.74) is -0.0739. The molecule has 0 saturated carbocycles. The minimum Gasteiger partial charge on any atom is -0.351 e. The van der Waals surface area contributed by atoms with Crippen LogP contribution in [-0.4, -0.2) is 4.98 Å². The van der Waals surface area contributed by atoms with Crippen molar-refractivity contribution in [3.63, 3.8) is 0 Å². The van der Waals surface area contributed by atoms with Gasteiger partial charge in [0, 0.05) is 11.5 Å². The molecule has 1 aromatic carbocycles. The van der Waals surface area contributed by atoms with E-state index in [0.717, 1.165) is 0 Å². The number of hydrogen-bond donors (Lipinski definition) is 1. The molecular formula is C12H10F3NO. The van der Waals surface area contributed by atoms with Crippen molar-refractivity contribution in [1.29, 1.82) is 0 Å². The molecule has 90 valence electrons. The van der Waals surface area contributed by atoms with Crippen LogP contribution in [-0.2, 0) is 6.18 Å². The Hall–Kier alpha value is -1.78. The van der Waals surface area contributed by atoms with E-state index >= 15 is 0 Å². The van der Waals surface area contributed by atoms with E-state index < -0.39 is 17.3 Å². The summed E-state index contributed by atoms with van der Waals surface area (Å²) in [6, 6.07) is 4.02. The van der Waals surface area contributed by atoms with Crippen LogP contribution in [0.2, 0.25) is 0 Å². The van der Waals surface area contributed by atoms with Crippen molar-refractivity contribution in [2.45, 2.75) is 20.0 Å². The summed E-state index contributed by atoms with van der Waals surface area (Å²) in [5.74, 6) is 0. The van der Waals surface area contributed by atoms with Crippen molar-refractivity contribution in [2.75, 3.05) is 0 Å². The van der Waals surface area contributed by atoms with Crippen molar-refractivity contribution in [3.8, 4) is 0 Å². The molecule has 0 aliphatic heterocycles. The normalized spacial score (nSPS) is 12.1. The zero-order valence-electron chi connectivity index (χ0n) is 9.27. The lowest BCUT2D eigenvalue weighted by Gasteiger charge is -2.10. The molecule has 2 nitrogen and oxygen atoms in total. The second-order valence-corrected chi connectivity index (χ2v) is 3.99. The third-order valence-corrected chi connectivity index (χ3v) is 2.71. The minimum atomic E-state index is -4.54. The van der Waals surface area contributed by atoms with Gasteiger partial charge in [-0.3, -0.25) is 4.79 Å². The number of fused-ring (bicyclic) bond motifs is 1. The van der Waals surface area contributed by atoms with Crippen LogP contribution in [0.1, 0.15) is 16.8 Å². The molecule has 1 aromatic heterocycles. The van der Waals surface area contributed by atoms with E-state index in [4.69, 9.17) is 0 Å². The Labute approximate surface area is 95.1 Å². The van der Waals surface area contributed by atoms with Crippen LogP contribution in [0.5, 0.6) is 0 Å². The van der Waals surface area contributed by atoms with E-state index in [0.29, 0.717) is 22.6 Å². The highest BCUT2D eigenvalue weighted by atomic mass is 19.4. The van der Waals surface area contributed by atoms with E-state index in [1.807, 2.05) is 0 Å². The Morgan fingerprint density at radius 1 is 1.12 bits per heavy atom. The van der Waals surface area contributed by atoms with E-state index in [1.54, 1.807) is 26.0 Å². The van der Waals surface area contributed by atoms with Gasteiger partial charge in [-0.25, -0.2) is 0 Å². The maximum Gasteiger partial charge on any atom is 0.431 e. The molecule has 0 fully saturated rings. The summed E-state index contributed by atoms with van der Waals surface area (Å²) in [6.07, 6.45) is -4.54. The Morgan fingerprint density at radius 3 is 2.29 bits per heavy atom. The van der Waals surface area contributed by atoms with Gasteiger partial charge in [0.2, 0.25) is 0 Å². The molecule has 1 heterocycles. The fourth-order valence-electron chi connectivity index (χ4n) is 1.82. The van der Waals surface area contributed by atoms with Gasteiger partial charge in [0.05, 0.1) is 5.52 Å². The van der Waals surface area contributed by atoms with Gasteiger partial charge in [0.15, 0.2) is 5.43 Å². The number of hydrogen-bond acceptors (Lipinski definition) is 1. The summed E-state index contributed by atoms with van der Waals surface area (Å²) in [6.45, 7) is 3.36. The molecular weight excluding hydrogens is 231 g/mol. The third-order valence-electron chi connectivity index (χ3n) is 2.71. The molecule has 0 saturated heterocycles. The van der Waals surface area contributed by atoms with E-state index in [9.17, 15) is 18.0 Å². The number of nitrogens with one attached hydrogen (secondary N) is 1. The van der Waals surface area contributed by atoms with E-state index in [1.165, 1.54) is 0 Å². The van der Waals surface area contributed by atoms with Crippen LogP contribution < -0.4 is 5.43 Å². The molecule has 17 heavy (non-hydrogen) atoms. The maximum absolute atomic E-state index is 12.6. The standard InChI is InChI=1S/C12H10F3NO/c1-6-3-4-7(2)11-10(6)8(17)5-9(16-11)12(13,14)15/h3-5H,1-2H3,(H,16,17). The molecule has 2 aromatic rings. The van der Waals surface area contributed by atoms with Crippen LogP contribution in [0, 0.1) is 13.8 Å². The second kappa shape index (κ2) is 3.61. The Balaban J connectivity index is 2.92.